The van der Waals surface area contributed by atoms with Crippen LogP contribution in [0.25, 0.3) is 0 Å². The normalized spacial score (nSPS) is 45.4. The number of hydrogen-bond acceptors (Lipinski definition) is 7. The number of carbonyl (C=O) groups excluding carboxylic acids is 3. The molecule has 0 aromatic heterocycles. The van der Waals surface area contributed by atoms with E-state index in [1.807, 2.05) is 6.92 Å². The maximum atomic E-state index is 12.6. The molecule has 3 aliphatic carbocycles. The molecular formula is C24H34O7. The average molecular weight is 435 g/mol. The molecule has 0 amide bonds. The number of hydrogen-bond donors (Lipinski definition) is 1. The van der Waals surface area contributed by atoms with Gasteiger partial charge in [-0.05, 0) is 42.1 Å². The van der Waals surface area contributed by atoms with Crippen LogP contribution in [0, 0.1) is 28.1 Å². The SMILES string of the molecule is CC(=O)O[C@H]1C=C2C(=O)OCC2(O)[C@@]2(C)C1[C@@]1(C)CCCC(C)(C)C1C[C@@H]2OC(C)=O. The monoisotopic (exact) mass is 434 g/mol. The summed E-state index contributed by atoms with van der Waals surface area (Å²) in [6.07, 6.45) is 3.77. The van der Waals surface area contributed by atoms with Gasteiger partial charge in [-0.15, -0.1) is 0 Å². The molecule has 172 valence electrons. The van der Waals surface area contributed by atoms with Gasteiger partial charge in [0.25, 0.3) is 0 Å². The van der Waals surface area contributed by atoms with Crippen molar-refractivity contribution in [1.29, 1.82) is 0 Å². The Morgan fingerprint density at radius 1 is 1.10 bits per heavy atom. The minimum absolute atomic E-state index is 0.0118. The van der Waals surface area contributed by atoms with Crippen LogP contribution in [0.15, 0.2) is 11.6 Å². The number of rotatable bonds is 2. The largest absolute Gasteiger partial charge is 0.462 e. The van der Waals surface area contributed by atoms with Crippen molar-refractivity contribution in [3.8, 4) is 0 Å². The number of aliphatic hydroxyl groups is 1. The second kappa shape index (κ2) is 6.80. The highest BCUT2D eigenvalue weighted by Crippen LogP contribution is 2.70. The van der Waals surface area contributed by atoms with Crippen molar-refractivity contribution in [2.24, 2.45) is 28.1 Å². The minimum atomic E-state index is -1.62. The van der Waals surface area contributed by atoms with Gasteiger partial charge in [0.1, 0.15) is 24.4 Å². The predicted octanol–water partition coefficient (Wildman–Crippen LogP) is 2.94. The third-order valence-corrected chi connectivity index (χ3v) is 8.99. The van der Waals surface area contributed by atoms with Crippen LogP contribution in [-0.2, 0) is 28.6 Å². The van der Waals surface area contributed by atoms with E-state index in [4.69, 9.17) is 14.2 Å². The van der Waals surface area contributed by atoms with Gasteiger partial charge in [0, 0.05) is 25.2 Å². The Morgan fingerprint density at radius 2 is 1.74 bits per heavy atom. The van der Waals surface area contributed by atoms with Gasteiger partial charge in [0.2, 0.25) is 0 Å². The molecule has 0 spiro atoms. The van der Waals surface area contributed by atoms with Crippen molar-refractivity contribution in [1.82, 2.24) is 0 Å². The zero-order valence-corrected chi connectivity index (χ0v) is 19.3. The molecule has 0 aromatic rings. The summed E-state index contributed by atoms with van der Waals surface area (Å²) in [5, 5.41) is 12.0. The van der Waals surface area contributed by atoms with Gasteiger partial charge in [-0.25, -0.2) is 4.79 Å². The van der Waals surface area contributed by atoms with Crippen molar-refractivity contribution < 1.29 is 33.7 Å². The van der Waals surface area contributed by atoms with Crippen LogP contribution >= 0.6 is 0 Å². The molecule has 2 saturated carbocycles. The quantitative estimate of drug-likeness (QED) is 0.527. The third kappa shape index (κ3) is 2.91. The zero-order valence-electron chi connectivity index (χ0n) is 19.3. The molecule has 1 aliphatic heterocycles. The fourth-order valence-corrected chi connectivity index (χ4v) is 7.78. The summed E-state index contributed by atoms with van der Waals surface area (Å²) < 4.78 is 17.0. The van der Waals surface area contributed by atoms with Gasteiger partial charge in [0.05, 0.1) is 5.57 Å². The topological polar surface area (TPSA) is 99.1 Å². The van der Waals surface area contributed by atoms with Gasteiger partial charge in [0.15, 0.2) is 0 Å². The van der Waals surface area contributed by atoms with Crippen molar-refractivity contribution in [3.63, 3.8) is 0 Å². The van der Waals surface area contributed by atoms with Gasteiger partial charge in [-0.1, -0.05) is 34.1 Å². The maximum Gasteiger partial charge on any atom is 0.337 e. The molecule has 0 radical (unpaired) electrons. The van der Waals surface area contributed by atoms with Gasteiger partial charge in [-0.2, -0.15) is 0 Å². The smallest absolute Gasteiger partial charge is 0.337 e. The molecule has 31 heavy (non-hydrogen) atoms. The van der Waals surface area contributed by atoms with Crippen molar-refractivity contribution in [2.75, 3.05) is 6.61 Å². The van der Waals surface area contributed by atoms with Crippen molar-refractivity contribution in [3.05, 3.63) is 11.6 Å². The molecule has 7 atom stereocenters. The van der Waals surface area contributed by atoms with Crippen molar-refractivity contribution >= 4 is 17.9 Å². The molecule has 1 N–H and O–H groups in total. The Hall–Kier alpha value is -1.89. The summed E-state index contributed by atoms with van der Waals surface area (Å²) in [5.74, 6) is -1.67. The van der Waals surface area contributed by atoms with Crippen LogP contribution < -0.4 is 0 Å². The number of ether oxygens (including phenoxy) is 3. The highest BCUT2D eigenvalue weighted by atomic mass is 16.6. The van der Waals surface area contributed by atoms with E-state index in [2.05, 4.69) is 20.8 Å². The number of carbonyl (C=O) groups is 3. The molecule has 4 aliphatic rings. The molecule has 3 fully saturated rings. The molecule has 4 rings (SSSR count). The fraction of sp³-hybridized carbons (Fsp3) is 0.792. The Labute approximate surface area is 183 Å². The zero-order chi connectivity index (χ0) is 23.0. The number of cyclic esters (lactones) is 1. The standard InChI is InChI=1S/C24H34O7/c1-13(25)30-16-10-15-20(27)29-12-24(15,28)23(6)18(31-14(2)26)11-17-21(3,4)8-7-9-22(17,5)19(16)23/h10,16-19,28H,7-9,11-12H2,1-6H3/t16-,17?,18-,19?,22-,23+,24?/m0/s1. The molecular weight excluding hydrogens is 400 g/mol. The van der Waals surface area contributed by atoms with E-state index in [0.29, 0.717) is 6.42 Å². The Bertz CT molecular complexity index is 860. The second-order valence-electron chi connectivity index (χ2n) is 11.1. The summed E-state index contributed by atoms with van der Waals surface area (Å²) in [5.41, 5.74) is -2.89. The highest BCUT2D eigenvalue weighted by molar-refractivity contribution is 5.94. The van der Waals surface area contributed by atoms with E-state index in [1.165, 1.54) is 13.8 Å². The van der Waals surface area contributed by atoms with Crippen LogP contribution in [0.5, 0.6) is 0 Å². The lowest BCUT2D eigenvalue weighted by Gasteiger charge is -2.68. The Kier molecular flexibility index (Phi) is 4.90. The van der Waals surface area contributed by atoms with Crippen LogP contribution in [0.2, 0.25) is 0 Å². The van der Waals surface area contributed by atoms with E-state index in [-0.39, 0.29) is 34.8 Å². The molecule has 0 bridgehead atoms. The van der Waals surface area contributed by atoms with Crippen molar-refractivity contribution in [2.45, 2.75) is 85.0 Å². The summed E-state index contributed by atoms with van der Waals surface area (Å²) >= 11 is 0. The molecule has 1 saturated heterocycles. The minimum Gasteiger partial charge on any atom is -0.462 e. The predicted molar refractivity (Wildman–Crippen MR) is 111 cm³/mol. The molecule has 7 nitrogen and oxygen atoms in total. The van der Waals surface area contributed by atoms with E-state index >= 15 is 0 Å². The Balaban J connectivity index is 1.97. The first-order chi connectivity index (χ1) is 14.3. The maximum absolute atomic E-state index is 12.6. The first kappa shape index (κ1) is 22.3. The molecule has 0 aromatic carbocycles. The third-order valence-electron chi connectivity index (χ3n) is 8.99. The number of fused-ring (bicyclic) bond motifs is 5. The van der Waals surface area contributed by atoms with Crippen LogP contribution in [0.1, 0.15) is 67.2 Å². The van der Waals surface area contributed by atoms with Gasteiger partial charge in [-0.3, -0.25) is 9.59 Å². The summed E-state index contributed by atoms with van der Waals surface area (Å²) in [4.78, 5) is 36.8. The lowest BCUT2D eigenvalue weighted by atomic mass is 9.38. The van der Waals surface area contributed by atoms with Crippen LogP contribution in [0.3, 0.4) is 0 Å². The lowest BCUT2D eigenvalue weighted by Crippen LogP contribution is -2.72. The second-order valence-corrected chi connectivity index (χ2v) is 11.1. The average Bonchev–Trinajstić information content (AvgIpc) is 2.92. The summed E-state index contributed by atoms with van der Waals surface area (Å²) in [7, 11) is 0. The van der Waals surface area contributed by atoms with E-state index in [1.54, 1.807) is 6.08 Å². The molecule has 3 unspecified atom stereocenters. The first-order valence-electron chi connectivity index (χ1n) is 11.2. The van der Waals surface area contributed by atoms with E-state index in [0.717, 1.165) is 19.3 Å². The molecule has 1 heterocycles. The van der Waals surface area contributed by atoms with Crippen LogP contribution in [0.4, 0.5) is 0 Å². The first-order valence-corrected chi connectivity index (χ1v) is 11.2. The summed E-state index contributed by atoms with van der Waals surface area (Å²) in [6, 6.07) is 0. The van der Waals surface area contributed by atoms with Gasteiger partial charge < -0.3 is 19.3 Å². The number of esters is 3. The molecule has 7 heteroatoms. The van der Waals surface area contributed by atoms with Crippen LogP contribution in [-0.4, -0.2) is 47.4 Å². The highest BCUT2D eigenvalue weighted by Gasteiger charge is 2.75. The van der Waals surface area contributed by atoms with E-state index < -0.39 is 41.1 Å². The fourth-order valence-electron chi connectivity index (χ4n) is 7.78. The van der Waals surface area contributed by atoms with Gasteiger partial charge >= 0.3 is 17.9 Å². The summed E-state index contributed by atoms with van der Waals surface area (Å²) in [6.45, 7) is 11.1. The van der Waals surface area contributed by atoms with E-state index in [9.17, 15) is 19.5 Å². The Morgan fingerprint density at radius 3 is 2.35 bits per heavy atom. The lowest BCUT2D eigenvalue weighted by molar-refractivity contribution is -0.268.